The Hall–Kier alpha value is -1.37. The lowest BCUT2D eigenvalue weighted by Crippen LogP contribution is -2.17. The molecule has 0 fully saturated rings. The van der Waals surface area contributed by atoms with Crippen molar-refractivity contribution < 1.29 is 18.3 Å². The molecule has 1 aromatic heterocycles. The van der Waals surface area contributed by atoms with Gasteiger partial charge in [-0.2, -0.15) is 5.10 Å². The summed E-state index contributed by atoms with van der Waals surface area (Å²) in [5.74, 6) is -2.53. The molecule has 0 saturated carbocycles. The highest BCUT2D eigenvalue weighted by Gasteiger charge is 2.18. The zero-order valence-corrected chi connectivity index (χ0v) is 10.6. The lowest BCUT2D eigenvalue weighted by atomic mass is 10.3. The van der Waals surface area contributed by atoms with E-state index in [2.05, 4.69) is 5.10 Å². The van der Waals surface area contributed by atoms with Crippen LogP contribution in [-0.4, -0.2) is 35.0 Å². The van der Waals surface area contributed by atoms with E-state index in [0.717, 1.165) is 6.42 Å². The number of carbonyl (C=O) groups is 1. The third-order valence-electron chi connectivity index (χ3n) is 2.42. The van der Waals surface area contributed by atoms with Crippen LogP contribution in [0, 0.1) is 0 Å². The average Bonchev–Trinajstić information content (AvgIpc) is 2.61. The van der Waals surface area contributed by atoms with Crippen LogP contribution in [0.4, 0.5) is 0 Å². The van der Waals surface area contributed by atoms with Crippen molar-refractivity contribution in [2.45, 2.75) is 32.1 Å². The third kappa shape index (κ3) is 4.18. The van der Waals surface area contributed by atoms with Crippen LogP contribution < -0.4 is 0 Å². The fourth-order valence-electron chi connectivity index (χ4n) is 1.35. The highest BCUT2D eigenvalue weighted by atomic mass is 32.2. The van der Waals surface area contributed by atoms with Gasteiger partial charge in [-0.1, -0.05) is 6.92 Å². The van der Waals surface area contributed by atoms with Crippen LogP contribution in [0.25, 0.3) is 0 Å². The van der Waals surface area contributed by atoms with Gasteiger partial charge in [-0.15, -0.1) is 0 Å². The van der Waals surface area contributed by atoms with Crippen molar-refractivity contribution in [2.75, 3.05) is 5.75 Å². The van der Waals surface area contributed by atoms with Gasteiger partial charge in [-0.05, 0) is 19.4 Å². The van der Waals surface area contributed by atoms with Gasteiger partial charge in [0.1, 0.15) is 5.75 Å². The van der Waals surface area contributed by atoms with Crippen LogP contribution >= 0.6 is 0 Å². The van der Waals surface area contributed by atoms with Gasteiger partial charge >= 0.3 is 5.97 Å². The Morgan fingerprint density at radius 1 is 1.59 bits per heavy atom. The summed E-state index contributed by atoms with van der Waals surface area (Å²) >= 11 is 0. The Kier molecular flexibility index (Phi) is 4.28. The van der Waals surface area contributed by atoms with E-state index in [-0.39, 0.29) is 11.8 Å². The summed E-state index contributed by atoms with van der Waals surface area (Å²) in [6.45, 7) is 3.98. The van der Waals surface area contributed by atoms with Crippen molar-refractivity contribution in [2.24, 2.45) is 0 Å². The summed E-state index contributed by atoms with van der Waals surface area (Å²) in [5.41, 5.74) is 0.381. The summed E-state index contributed by atoms with van der Waals surface area (Å²) in [4.78, 5) is 10.4. The molecular formula is C10H16N2O4S. The minimum Gasteiger partial charge on any atom is -0.480 e. The van der Waals surface area contributed by atoms with Crippen molar-refractivity contribution in [1.29, 1.82) is 0 Å². The number of rotatable bonds is 6. The summed E-state index contributed by atoms with van der Waals surface area (Å²) in [5, 5.41) is 12.6. The second kappa shape index (κ2) is 5.31. The monoisotopic (exact) mass is 260 g/mol. The molecule has 0 bridgehead atoms. The van der Waals surface area contributed by atoms with Crippen LogP contribution in [0.1, 0.15) is 32.0 Å². The summed E-state index contributed by atoms with van der Waals surface area (Å²) < 4.78 is 24.5. The molecule has 0 radical (unpaired) electrons. The standard InChI is InChI=1S/C10H16N2O4S/c1-3-8(2)12-5-4-9(11-12)6-17(15,16)7-10(13)14/h4-5,8H,3,6-7H2,1-2H3,(H,13,14). The summed E-state index contributed by atoms with van der Waals surface area (Å²) in [6.07, 6.45) is 2.60. The predicted molar refractivity (Wildman–Crippen MR) is 62.4 cm³/mol. The Labute approximate surface area is 100 Å². The Morgan fingerprint density at radius 2 is 2.24 bits per heavy atom. The van der Waals surface area contributed by atoms with Gasteiger partial charge in [0.2, 0.25) is 0 Å². The van der Waals surface area contributed by atoms with Crippen molar-refractivity contribution in [1.82, 2.24) is 9.78 Å². The molecule has 0 aromatic carbocycles. The van der Waals surface area contributed by atoms with Crippen molar-refractivity contribution in [3.05, 3.63) is 18.0 Å². The fourth-order valence-corrected chi connectivity index (χ4v) is 2.43. The minimum absolute atomic E-state index is 0.200. The van der Waals surface area contributed by atoms with Crippen LogP contribution in [0.3, 0.4) is 0 Å². The van der Waals surface area contributed by atoms with Gasteiger partial charge in [-0.25, -0.2) is 8.42 Å². The fraction of sp³-hybridized carbons (Fsp3) is 0.600. The van der Waals surface area contributed by atoms with E-state index in [1.54, 1.807) is 16.9 Å². The number of carboxylic acids is 1. The van der Waals surface area contributed by atoms with Gasteiger partial charge in [0, 0.05) is 12.2 Å². The van der Waals surface area contributed by atoms with E-state index in [9.17, 15) is 13.2 Å². The Balaban J connectivity index is 2.76. The first kappa shape index (κ1) is 13.7. The first-order valence-electron chi connectivity index (χ1n) is 5.30. The summed E-state index contributed by atoms with van der Waals surface area (Å²) in [7, 11) is -3.63. The number of sulfone groups is 1. The zero-order valence-electron chi connectivity index (χ0n) is 9.83. The van der Waals surface area contributed by atoms with E-state index in [1.807, 2.05) is 13.8 Å². The molecule has 7 heteroatoms. The molecule has 0 amide bonds. The highest BCUT2D eigenvalue weighted by Crippen LogP contribution is 2.11. The second-order valence-corrected chi connectivity index (χ2v) is 6.03. The molecule has 17 heavy (non-hydrogen) atoms. The lowest BCUT2D eigenvalue weighted by molar-refractivity contribution is -0.134. The molecule has 1 unspecified atom stereocenters. The first-order valence-corrected chi connectivity index (χ1v) is 7.12. The van der Waals surface area contributed by atoms with Crippen molar-refractivity contribution in [3.63, 3.8) is 0 Å². The maximum atomic E-state index is 11.4. The topological polar surface area (TPSA) is 89.3 Å². The smallest absolute Gasteiger partial charge is 0.318 e. The van der Waals surface area contributed by atoms with Gasteiger partial charge in [0.25, 0.3) is 0 Å². The molecule has 1 aromatic rings. The van der Waals surface area contributed by atoms with Crippen molar-refractivity contribution in [3.8, 4) is 0 Å². The summed E-state index contributed by atoms with van der Waals surface area (Å²) in [6, 6.07) is 1.80. The number of hydrogen-bond donors (Lipinski definition) is 1. The quantitative estimate of drug-likeness (QED) is 0.819. The van der Waals surface area contributed by atoms with E-state index >= 15 is 0 Å². The molecule has 0 spiro atoms. The lowest BCUT2D eigenvalue weighted by Gasteiger charge is -2.08. The number of hydrogen-bond acceptors (Lipinski definition) is 4. The van der Waals surface area contributed by atoms with Gasteiger partial charge in [0.15, 0.2) is 9.84 Å². The molecular weight excluding hydrogens is 244 g/mol. The SMILES string of the molecule is CCC(C)n1ccc(CS(=O)(=O)CC(=O)O)n1. The maximum absolute atomic E-state index is 11.4. The van der Waals surface area contributed by atoms with Crippen LogP contribution in [-0.2, 0) is 20.4 Å². The predicted octanol–water partition coefficient (Wildman–Crippen LogP) is 0.854. The van der Waals surface area contributed by atoms with Gasteiger partial charge in [-0.3, -0.25) is 9.48 Å². The molecule has 96 valence electrons. The highest BCUT2D eigenvalue weighted by molar-refractivity contribution is 7.91. The van der Waals surface area contributed by atoms with E-state index in [0.29, 0.717) is 5.69 Å². The maximum Gasteiger partial charge on any atom is 0.318 e. The van der Waals surface area contributed by atoms with Crippen LogP contribution in [0.5, 0.6) is 0 Å². The molecule has 0 aliphatic carbocycles. The zero-order chi connectivity index (χ0) is 13.1. The molecule has 0 aliphatic heterocycles. The Morgan fingerprint density at radius 3 is 2.76 bits per heavy atom. The number of nitrogens with zero attached hydrogens (tertiary/aromatic N) is 2. The van der Waals surface area contributed by atoms with Gasteiger partial charge < -0.3 is 5.11 Å². The largest absolute Gasteiger partial charge is 0.480 e. The molecule has 1 atom stereocenters. The van der Waals surface area contributed by atoms with E-state index < -0.39 is 21.6 Å². The molecule has 1 rings (SSSR count). The van der Waals surface area contributed by atoms with Crippen LogP contribution in [0.2, 0.25) is 0 Å². The average molecular weight is 260 g/mol. The molecule has 0 saturated heterocycles. The van der Waals surface area contributed by atoms with E-state index in [1.165, 1.54) is 0 Å². The van der Waals surface area contributed by atoms with Gasteiger partial charge in [0.05, 0.1) is 11.4 Å². The van der Waals surface area contributed by atoms with Crippen molar-refractivity contribution >= 4 is 15.8 Å². The second-order valence-electron chi connectivity index (χ2n) is 3.97. The number of aliphatic carboxylic acids is 1. The number of carboxylic acid groups (broad SMARTS) is 1. The molecule has 1 N–H and O–H groups in total. The Bertz CT molecular complexity index is 492. The van der Waals surface area contributed by atoms with Crippen LogP contribution in [0.15, 0.2) is 12.3 Å². The third-order valence-corrected chi connectivity index (χ3v) is 3.84. The molecule has 0 aliphatic rings. The number of aromatic nitrogens is 2. The van der Waals surface area contributed by atoms with E-state index in [4.69, 9.17) is 5.11 Å². The normalized spacial score (nSPS) is 13.5. The molecule has 1 heterocycles. The first-order chi connectivity index (χ1) is 7.84. The molecule has 6 nitrogen and oxygen atoms in total. The minimum atomic E-state index is -3.63.